The minimum Gasteiger partial charge on any atom is -0.0882 e. The maximum atomic E-state index is 2.27. The largest absolute Gasteiger partial charge is 0.0882 e. The minimum atomic E-state index is 0.747. The predicted molar refractivity (Wildman–Crippen MR) is 59.5 cm³/mol. The van der Waals surface area contributed by atoms with Gasteiger partial charge in [-0.2, -0.15) is 0 Å². The van der Waals surface area contributed by atoms with Gasteiger partial charge in [0.15, 0.2) is 0 Å². The highest BCUT2D eigenvalue weighted by Gasteiger charge is 1.99. The summed E-state index contributed by atoms with van der Waals surface area (Å²) in [5.74, 6) is 0.747. The highest BCUT2D eigenvalue weighted by atomic mass is 14.1. The van der Waals surface area contributed by atoms with E-state index in [1.165, 1.54) is 19.3 Å². The lowest BCUT2D eigenvalue weighted by atomic mass is 9.98. The van der Waals surface area contributed by atoms with Crippen LogP contribution in [0, 0.1) is 5.92 Å². The summed E-state index contributed by atoms with van der Waals surface area (Å²) in [5.41, 5.74) is 1.61. The highest BCUT2D eigenvalue weighted by Crippen LogP contribution is 2.15. The normalized spacial score (nSPS) is 11.1. The zero-order chi connectivity index (χ0) is 9.98. The first kappa shape index (κ1) is 14.3. The molecular weight excluding hydrogens is 144 g/mol. The Hall–Kier alpha value is -0.260. The Balaban J connectivity index is 0. The first-order valence-corrected chi connectivity index (χ1v) is 5.37. The lowest BCUT2D eigenvalue weighted by Gasteiger charge is -2.08. The molecule has 0 aliphatic rings. The molecule has 0 heteroatoms. The molecule has 0 fully saturated rings. The Labute approximate surface area is 79.1 Å². The Morgan fingerprint density at radius 1 is 1.25 bits per heavy atom. The third-order valence-corrected chi connectivity index (χ3v) is 1.93. The van der Waals surface area contributed by atoms with E-state index in [1.54, 1.807) is 5.57 Å². The van der Waals surface area contributed by atoms with Gasteiger partial charge in [0.25, 0.3) is 0 Å². The molecule has 0 aromatic rings. The van der Waals surface area contributed by atoms with Crippen LogP contribution in [0.15, 0.2) is 11.6 Å². The Kier molecular flexibility index (Phi) is 12.8. The molecule has 0 N–H and O–H groups in total. The van der Waals surface area contributed by atoms with Crippen molar-refractivity contribution in [2.75, 3.05) is 0 Å². The van der Waals surface area contributed by atoms with Crippen molar-refractivity contribution in [1.29, 1.82) is 0 Å². The van der Waals surface area contributed by atoms with Gasteiger partial charge >= 0.3 is 0 Å². The van der Waals surface area contributed by atoms with E-state index < -0.39 is 0 Å². The molecule has 0 unspecified atom stereocenters. The molecule has 0 aromatic carbocycles. The lowest BCUT2D eigenvalue weighted by Crippen LogP contribution is -1.93. The molecule has 0 aliphatic heterocycles. The number of rotatable bonds is 4. The monoisotopic (exact) mass is 170 g/mol. The van der Waals surface area contributed by atoms with Crippen molar-refractivity contribution in [3.8, 4) is 0 Å². The number of unbranched alkanes of at least 4 members (excludes halogenated alkanes) is 1. The first-order chi connectivity index (χ1) is 5.72. The average Bonchev–Trinajstić information content (AvgIpc) is 2.09. The molecule has 0 heterocycles. The van der Waals surface area contributed by atoms with Gasteiger partial charge in [-0.25, -0.2) is 0 Å². The fraction of sp³-hybridized carbons (Fsp3) is 0.833. The molecule has 0 aromatic heterocycles. The van der Waals surface area contributed by atoms with Crippen LogP contribution in [0.4, 0.5) is 0 Å². The minimum absolute atomic E-state index is 0.747. The second kappa shape index (κ2) is 10.7. The van der Waals surface area contributed by atoms with E-state index in [9.17, 15) is 0 Å². The summed E-state index contributed by atoms with van der Waals surface area (Å²) in [6.07, 6.45) is 6.22. The third kappa shape index (κ3) is 7.84. The van der Waals surface area contributed by atoms with E-state index in [4.69, 9.17) is 0 Å². The maximum Gasteiger partial charge on any atom is -0.0260 e. The Morgan fingerprint density at radius 2 is 1.75 bits per heavy atom. The van der Waals surface area contributed by atoms with Gasteiger partial charge in [-0.3, -0.25) is 0 Å². The van der Waals surface area contributed by atoms with Crippen LogP contribution in [0.2, 0.25) is 0 Å². The van der Waals surface area contributed by atoms with E-state index in [0.717, 1.165) is 5.92 Å². The van der Waals surface area contributed by atoms with Gasteiger partial charge in [0, 0.05) is 0 Å². The van der Waals surface area contributed by atoms with Crippen LogP contribution in [0.1, 0.15) is 60.8 Å². The van der Waals surface area contributed by atoms with E-state index in [-0.39, 0.29) is 0 Å². The molecule has 0 bridgehead atoms. The van der Waals surface area contributed by atoms with Gasteiger partial charge < -0.3 is 0 Å². The van der Waals surface area contributed by atoms with Gasteiger partial charge in [0.1, 0.15) is 0 Å². The molecule has 74 valence electrons. The van der Waals surface area contributed by atoms with Crippen molar-refractivity contribution in [3.63, 3.8) is 0 Å². The van der Waals surface area contributed by atoms with Gasteiger partial charge in [-0.05, 0) is 25.7 Å². The second-order valence-electron chi connectivity index (χ2n) is 3.12. The summed E-state index contributed by atoms with van der Waals surface area (Å²) >= 11 is 0. The van der Waals surface area contributed by atoms with Gasteiger partial charge in [0.2, 0.25) is 0 Å². The zero-order valence-electron chi connectivity index (χ0n) is 9.78. The lowest BCUT2D eigenvalue weighted by molar-refractivity contribution is 0.672. The molecule has 0 nitrogen and oxygen atoms in total. The van der Waals surface area contributed by atoms with Crippen molar-refractivity contribution in [2.45, 2.75) is 60.8 Å². The van der Waals surface area contributed by atoms with E-state index in [2.05, 4.69) is 33.8 Å². The fourth-order valence-corrected chi connectivity index (χ4v) is 1.15. The van der Waals surface area contributed by atoms with Crippen molar-refractivity contribution in [1.82, 2.24) is 0 Å². The standard InChI is InChI=1S/C10H20.C2H6/c1-5-7-8-10(6-2)9(3)4;1-2/h6,9H,5,7-8H2,1-4H3;1-2H3/b10-6+;. The van der Waals surface area contributed by atoms with Crippen LogP contribution >= 0.6 is 0 Å². The van der Waals surface area contributed by atoms with Crippen LogP contribution < -0.4 is 0 Å². The Bertz CT molecular complexity index is 98.6. The van der Waals surface area contributed by atoms with Gasteiger partial charge in [-0.1, -0.05) is 52.7 Å². The van der Waals surface area contributed by atoms with Crippen LogP contribution in [0.3, 0.4) is 0 Å². The first-order valence-electron chi connectivity index (χ1n) is 5.37. The summed E-state index contributed by atoms with van der Waals surface area (Å²) in [6, 6.07) is 0. The molecule has 0 rings (SSSR count). The highest BCUT2D eigenvalue weighted by molar-refractivity contribution is 5.02. The van der Waals surface area contributed by atoms with E-state index >= 15 is 0 Å². The third-order valence-electron chi connectivity index (χ3n) is 1.93. The molecular formula is C12H26. The van der Waals surface area contributed by atoms with Crippen molar-refractivity contribution < 1.29 is 0 Å². The summed E-state index contributed by atoms with van der Waals surface area (Å²) in [5, 5.41) is 0. The summed E-state index contributed by atoms with van der Waals surface area (Å²) in [6.45, 7) is 12.9. The SMILES string of the molecule is C/C=C(\CCCC)C(C)C.CC. The van der Waals surface area contributed by atoms with Crippen LogP contribution in [-0.4, -0.2) is 0 Å². The summed E-state index contributed by atoms with van der Waals surface area (Å²) < 4.78 is 0. The van der Waals surface area contributed by atoms with Crippen molar-refractivity contribution in [2.24, 2.45) is 5.92 Å². The molecule has 0 spiro atoms. The van der Waals surface area contributed by atoms with Crippen LogP contribution in [0.5, 0.6) is 0 Å². The molecule has 0 saturated heterocycles. The molecule has 0 radical (unpaired) electrons. The topological polar surface area (TPSA) is 0 Å². The molecule has 0 saturated carbocycles. The quantitative estimate of drug-likeness (QED) is 0.531. The van der Waals surface area contributed by atoms with Gasteiger partial charge in [0.05, 0.1) is 0 Å². The summed E-state index contributed by atoms with van der Waals surface area (Å²) in [7, 11) is 0. The summed E-state index contributed by atoms with van der Waals surface area (Å²) in [4.78, 5) is 0. The molecule has 0 atom stereocenters. The number of hydrogen-bond donors (Lipinski definition) is 0. The maximum absolute atomic E-state index is 2.27. The van der Waals surface area contributed by atoms with E-state index in [0.29, 0.717) is 0 Å². The number of allylic oxidation sites excluding steroid dienone is 2. The molecule has 0 aliphatic carbocycles. The van der Waals surface area contributed by atoms with Crippen LogP contribution in [0.25, 0.3) is 0 Å². The molecule has 0 amide bonds. The second-order valence-corrected chi connectivity index (χ2v) is 3.12. The average molecular weight is 170 g/mol. The smallest absolute Gasteiger partial charge is 0.0260 e. The Morgan fingerprint density at radius 3 is 2.00 bits per heavy atom. The molecule has 12 heavy (non-hydrogen) atoms. The van der Waals surface area contributed by atoms with Gasteiger partial charge in [-0.15, -0.1) is 0 Å². The predicted octanol–water partition coefficient (Wildman–Crippen LogP) is 4.81. The van der Waals surface area contributed by atoms with Crippen molar-refractivity contribution in [3.05, 3.63) is 11.6 Å². The zero-order valence-corrected chi connectivity index (χ0v) is 9.78. The fourth-order valence-electron chi connectivity index (χ4n) is 1.15. The van der Waals surface area contributed by atoms with Crippen LogP contribution in [-0.2, 0) is 0 Å². The van der Waals surface area contributed by atoms with Crippen molar-refractivity contribution >= 4 is 0 Å². The van der Waals surface area contributed by atoms with E-state index in [1.807, 2.05) is 13.8 Å². The number of hydrogen-bond acceptors (Lipinski definition) is 0.